The van der Waals surface area contributed by atoms with Crippen molar-refractivity contribution in [2.24, 2.45) is 11.8 Å². The molecule has 5 heteroatoms. The van der Waals surface area contributed by atoms with Gasteiger partial charge in [-0.25, -0.2) is 8.42 Å². The molecule has 0 aromatic heterocycles. The van der Waals surface area contributed by atoms with Gasteiger partial charge in [0.25, 0.3) is 0 Å². The third kappa shape index (κ3) is 3.43. The van der Waals surface area contributed by atoms with Crippen LogP contribution in [0.4, 0.5) is 0 Å². The van der Waals surface area contributed by atoms with Crippen molar-refractivity contribution in [2.75, 3.05) is 6.26 Å². The summed E-state index contributed by atoms with van der Waals surface area (Å²) >= 11 is 0. The van der Waals surface area contributed by atoms with E-state index >= 15 is 0 Å². The molecule has 92 valence electrons. The predicted molar refractivity (Wildman–Crippen MR) is 64.1 cm³/mol. The molecule has 2 unspecified atom stereocenters. The number of sulfone groups is 1. The largest absolute Gasteiger partial charge is 0.271 e. The number of hydrazine groups is 1. The second-order valence-corrected chi connectivity index (χ2v) is 7.38. The lowest BCUT2D eigenvalue weighted by Crippen LogP contribution is -2.57. The monoisotopic (exact) mass is 236 g/mol. The molecular weight excluding hydrogens is 212 g/mol. The highest BCUT2D eigenvalue weighted by molar-refractivity contribution is 7.92. The van der Waals surface area contributed by atoms with E-state index in [0.717, 1.165) is 12.8 Å². The van der Waals surface area contributed by atoms with Crippen molar-refractivity contribution in [2.45, 2.75) is 51.3 Å². The Bertz CT molecular complexity index is 286. The lowest BCUT2D eigenvalue weighted by Gasteiger charge is -2.36. The topological polar surface area (TPSA) is 72.2 Å². The summed E-state index contributed by atoms with van der Waals surface area (Å²) in [6, 6.07) is -0.215. The third-order valence-corrected chi connectivity index (χ3v) is 5.36. The Labute approximate surface area is 93.5 Å². The molecule has 2 atom stereocenters. The lowest BCUT2D eigenvalue weighted by atomic mass is 9.88. The van der Waals surface area contributed by atoms with E-state index < -0.39 is 14.6 Å². The molecule has 0 aliphatic carbocycles. The quantitative estimate of drug-likeness (QED) is 0.534. The van der Waals surface area contributed by atoms with E-state index in [2.05, 4.69) is 12.3 Å². The van der Waals surface area contributed by atoms with E-state index in [4.69, 9.17) is 5.84 Å². The van der Waals surface area contributed by atoms with Gasteiger partial charge in [0.15, 0.2) is 9.84 Å². The maximum atomic E-state index is 11.7. The first-order chi connectivity index (χ1) is 6.68. The maximum Gasteiger partial charge on any atom is 0.154 e. The van der Waals surface area contributed by atoms with Gasteiger partial charge in [-0.3, -0.25) is 11.3 Å². The van der Waals surface area contributed by atoms with E-state index in [1.807, 2.05) is 6.92 Å². The highest BCUT2D eigenvalue weighted by Crippen LogP contribution is 2.27. The SMILES string of the molecule is CCCC(C)C(NN)C(C)(C)S(C)(=O)=O. The van der Waals surface area contributed by atoms with E-state index in [1.54, 1.807) is 13.8 Å². The van der Waals surface area contributed by atoms with Crippen molar-refractivity contribution in [1.82, 2.24) is 5.43 Å². The Hall–Kier alpha value is -0.130. The molecule has 0 radical (unpaired) electrons. The highest BCUT2D eigenvalue weighted by Gasteiger charge is 2.40. The van der Waals surface area contributed by atoms with Crippen LogP contribution in [0.3, 0.4) is 0 Å². The fraction of sp³-hybridized carbons (Fsp3) is 1.00. The van der Waals surface area contributed by atoms with Gasteiger partial charge in [-0.15, -0.1) is 0 Å². The molecule has 3 N–H and O–H groups in total. The minimum Gasteiger partial charge on any atom is -0.271 e. The minimum atomic E-state index is -3.12. The molecule has 0 fully saturated rings. The van der Waals surface area contributed by atoms with Gasteiger partial charge >= 0.3 is 0 Å². The van der Waals surface area contributed by atoms with Crippen LogP contribution in [0.25, 0.3) is 0 Å². The summed E-state index contributed by atoms with van der Waals surface area (Å²) in [7, 11) is -3.12. The lowest BCUT2D eigenvalue weighted by molar-refractivity contribution is 0.299. The molecule has 0 aliphatic rings. The first-order valence-corrected chi connectivity index (χ1v) is 7.23. The van der Waals surface area contributed by atoms with E-state index in [9.17, 15) is 8.42 Å². The zero-order valence-electron chi connectivity index (χ0n) is 10.4. The van der Waals surface area contributed by atoms with Crippen LogP contribution in [-0.2, 0) is 9.84 Å². The third-order valence-electron chi connectivity index (χ3n) is 3.20. The molecule has 0 aromatic carbocycles. The van der Waals surface area contributed by atoms with Crippen molar-refractivity contribution in [3.05, 3.63) is 0 Å². The Morgan fingerprint density at radius 1 is 1.40 bits per heavy atom. The van der Waals surface area contributed by atoms with Crippen molar-refractivity contribution >= 4 is 9.84 Å². The first-order valence-electron chi connectivity index (χ1n) is 5.34. The van der Waals surface area contributed by atoms with E-state index in [-0.39, 0.29) is 12.0 Å². The van der Waals surface area contributed by atoms with Gasteiger partial charge in [-0.1, -0.05) is 20.3 Å². The average Bonchev–Trinajstić information content (AvgIpc) is 2.03. The molecule has 0 rings (SSSR count). The molecule has 0 saturated carbocycles. The molecule has 4 nitrogen and oxygen atoms in total. The van der Waals surface area contributed by atoms with Gasteiger partial charge in [0, 0.05) is 12.3 Å². The van der Waals surface area contributed by atoms with Gasteiger partial charge in [0.2, 0.25) is 0 Å². The van der Waals surface area contributed by atoms with E-state index in [1.165, 1.54) is 6.26 Å². The molecular formula is C10H24N2O2S. The van der Waals surface area contributed by atoms with Crippen LogP contribution >= 0.6 is 0 Å². The van der Waals surface area contributed by atoms with Crippen LogP contribution in [0.15, 0.2) is 0 Å². The first kappa shape index (κ1) is 14.9. The second kappa shape index (κ2) is 5.27. The van der Waals surface area contributed by atoms with Gasteiger partial charge in [-0.05, 0) is 26.2 Å². The summed E-state index contributed by atoms with van der Waals surface area (Å²) in [5, 5.41) is 0. The number of nitrogens with two attached hydrogens (primary N) is 1. The predicted octanol–water partition coefficient (Wildman–Crippen LogP) is 1.08. The van der Waals surface area contributed by atoms with Crippen molar-refractivity contribution < 1.29 is 8.42 Å². The number of hydrogen-bond acceptors (Lipinski definition) is 4. The van der Waals surface area contributed by atoms with E-state index in [0.29, 0.717) is 0 Å². The van der Waals surface area contributed by atoms with Crippen molar-refractivity contribution in [3.8, 4) is 0 Å². The van der Waals surface area contributed by atoms with Crippen LogP contribution in [0.2, 0.25) is 0 Å². The Kier molecular flexibility index (Phi) is 5.23. The molecule has 15 heavy (non-hydrogen) atoms. The molecule has 0 saturated heterocycles. The summed E-state index contributed by atoms with van der Waals surface area (Å²) in [4.78, 5) is 0. The summed E-state index contributed by atoms with van der Waals surface area (Å²) in [6.07, 6.45) is 3.25. The average molecular weight is 236 g/mol. The zero-order valence-corrected chi connectivity index (χ0v) is 11.2. The van der Waals surface area contributed by atoms with Crippen molar-refractivity contribution in [3.63, 3.8) is 0 Å². The number of rotatable bonds is 6. The normalized spacial score (nSPS) is 17.5. The smallest absolute Gasteiger partial charge is 0.154 e. The zero-order chi connectivity index (χ0) is 12.3. The van der Waals surface area contributed by atoms with Crippen LogP contribution in [0.1, 0.15) is 40.5 Å². The van der Waals surface area contributed by atoms with Crippen LogP contribution in [-0.4, -0.2) is 25.5 Å². The molecule has 0 bridgehead atoms. The standard InChI is InChI=1S/C10H24N2O2S/c1-6-7-8(2)9(12-11)10(3,4)15(5,13)14/h8-9,12H,6-7,11H2,1-5H3. The Morgan fingerprint density at radius 2 is 1.87 bits per heavy atom. The van der Waals surface area contributed by atoms with Crippen LogP contribution < -0.4 is 11.3 Å². The summed E-state index contributed by atoms with van der Waals surface area (Å²) in [5.41, 5.74) is 2.65. The number of nitrogens with one attached hydrogen (secondary N) is 1. The molecule has 0 amide bonds. The van der Waals surface area contributed by atoms with Gasteiger partial charge < -0.3 is 0 Å². The molecule has 0 aromatic rings. The fourth-order valence-electron chi connectivity index (χ4n) is 1.90. The maximum absolute atomic E-state index is 11.7. The Morgan fingerprint density at radius 3 is 2.13 bits per heavy atom. The van der Waals surface area contributed by atoms with Crippen LogP contribution in [0, 0.1) is 5.92 Å². The fourth-order valence-corrected chi connectivity index (χ4v) is 2.66. The Balaban J connectivity index is 4.96. The summed E-state index contributed by atoms with van der Waals surface area (Å²) in [5.74, 6) is 5.71. The summed E-state index contributed by atoms with van der Waals surface area (Å²) < 4.78 is 22.5. The second-order valence-electron chi connectivity index (χ2n) is 4.79. The van der Waals surface area contributed by atoms with Gasteiger partial charge in [0.1, 0.15) is 0 Å². The van der Waals surface area contributed by atoms with Crippen molar-refractivity contribution in [1.29, 1.82) is 0 Å². The van der Waals surface area contributed by atoms with Gasteiger partial charge in [0.05, 0.1) is 4.75 Å². The summed E-state index contributed by atoms with van der Waals surface area (Å²) in [6.45, 7) is 7.55. The molecule has 0 aliphatic heterocycles. The number of hydrogen-bond donors (Lipinski definition) is 2. The van der Waals surface area contributed by atoms with Gasteiger partial charge in [-0.2, -0.15) is 0 Å². The minimum absolute atomic E-state index is 0.215. The molecule has 0 spiro atoms. The molecule has 0 heterocycles. The van der Waals surface area contributed by atoms with Crippen LogP contribution in [0.5, 0.6) is 0 Å². The highest BCUT2D eigenvalue weighted by atomic mass is 32.2.